The van der Waals surface area contributed by atoms with Crippen molar-refractivity contribution in [2.75, 3.05) is 0 Å². The Bertz CT molecular complexity index is 849. The summed E-state index contributed by atoms with van der Waals surface area (Å²) < 4.78 is 0. The van der Waals surface area contributed by atoms with Crippen LogP contribution >= 0.6 is 23.2 Å². The molecule has 0 radical (unpaired) electrons. The van der Waals surface area contributed by atoms with Crippen LogP contribution in [0.2, 0.25) is 10.0 Å². The third kappa shape index (κ3) is 3.60. The molecule has 0 spiro atoms. The molecule has 1 heterocycles. The lowest BCUT2D eigenvalue weighted by Crippen LogP contribution is -2.30. The maximum Gasteiger partial charge on any atom is 0.325 e. The van der Waals surface area contributed by atoms with E-state index < -0.39 is 5.69 Å². The normalized spacial score (nSPS) is 21.0. The van der Waals surface area contributed by atoms with E-state index in [0.717, 1.165) is 36.9 Å². The summed E-state index contributed by atoms with van der Waals surface area (Å²) in [5.41, 5.74) is 1.33. The van der Waals surface area contributed by atoms with Crippen molar-refractivity contribution in [3.8, 4) is 0 Å². The van der Waals surface area contributed by atoms with Gasteiger partial charge in [0.2, 0.25) is 0 Å². The van der Waals surface area contributed by atoms with Gasteiger partial charge in [-0.15, -0.1) is 0 Å². The Hall–Kier alpha value is -1.52. The fourth-order valence-corrected chi connectivity index (χ4v) is 3.86. The van der Waals surface area contributed by atoms with Gasteiger partial charge in [0.25, 0.3) is 5.56 Å². The van der Waals surface area contributed by atoms with Crippen LogP contribution in [0.5, 0.6) is 0 Å². The van der Waals surface area contributed by atoms with Crippen LogP contribution in [0.1, 0.15) is 55.3 Å². The molecule has 128 valence electrons. The summed E-state index contributed by atoms with van der Waals surface area (Å²) >= 11 is 12.3. The number of rotatable bonds is 3. The Morgan fingerprint density at radius 2 is 1.79 bits per heavy atom. The van der Waals surface area contributed by atoms with Gasteiger partial charge in [-0.05, 0) is 36.3 Å². The van der Waals surface area contributed by atoms with Crippen molar-refractivity contribution >= 4 is 23.2 Å². The predicted molar refractivity (Wildman–Crippen MR) is 97.3 cm³/mol. The second-order valence-electron chi connectivity index (χ2n) is 6.65. The molecule has 6 heteroatoms. The number of benzene rings is 1. The quantitative estimate of drug-likeness (QED) is 0.852. The Kier molecular flexibility index (Phi) is 5.16. The molecule has 2 aromatic rings. The Balaban J connectivity index is 2.02. The van der Waals surface area contributed by atoms with E-state index in [1.54, 1.807) is 6.07 Å². The van der Waals surface area contributed by atoms with Gasteiger partial charge < -0.3 is 4.98 Å². The van der Waals surface area contributed by atoms with Gasteiger partial charge in [-0.25, -0.2) is 4.79 Å². The third-order valence-corrected chi connectivity index (χ3v) is 5.76. The van der Waals surface area contributed by atoms with E-state index in [1.807, 2.05) is 12.1 Å². The summed E-state index contributed by atoms with van der Waals surface area (Å²) in [7, 11) is 0. The van der Waals surface area contributed by atoms with Gasteiger partial charge in [0.05, 0.1) is 10.0 Å². The molecule has 1 saturated carbocycles. The molecule has 24 heavy (non-hydrogen) atoms. The van der Waals surface area contributed by atoms with Gasteiger partial charge in [-0.2, -0.15) is 0 Å². The first-order valence-corrected chi connectivity index (χ1v) is 8.99. The van der Waals surface area contributed by atoms with Gasteiger partial charge in [0.1, 0.15) is 0 Å². The van der Waals surface area contributed by atoms with E-state index in [1.165, 1.54) is 0 Å². The molecule has 0 amide bonds. The highest BCUT2D eigenvalue weighted by atomic mass is 35.5. The summed E-state index contributed by atoms with van der Waals surface area (Å²) in [5.74, 6) is 0.907. The molecular weight excluding hydrogens is 347 g/mol. The highest BCUT2D eigenvalue weighted by Gasteiger charge is 2.24. The lowest BCUT2D eigenvalue weighted by molar-refractivity contribution is 0.342. The van der Waals surface area contributed by atoms with Crippen molar-refractivity contribution in [3.63, 3.8) is 0 Å². The van der Waals surface area contributed by atoms with Gasteiger partial charge in [0, 0.05) is 17.7 Å². The number of aromatic nitrogens is 2. The van der Waals surface area contributed by atoms with Gasteiger partial charge in [0.15, 0.2) is 0 Å². The lowest BCUT2D eigenvalue weighted by atomic mass is 9.80. The van der Waals surface area contributed by atoms with Crippen LogP contribution < -0.4 is 11.2 Å². The maximum absolute atomic E-state index is 12.4. The minimum absolute atomic E-state index is 0.212. The molecule has 1 aliphatic rings. The number of halogens is 2. The molecule has 0 saturated heterocycles. The molecule has 1 fully saturated rings. The second kappa shape index (κ2) is 7.16. The molecule has 3 rings (SSSR count). The van der Waals surface area contributed by atoms with E-state index in [9.17, 15) is 9.59 Å². The molecule has 1 aromatic heterocycles. The number of nitrogens with one attached hydrogen (secondary N) is 2. The standard InChI is InChI=1S/C18H20Cl2N2O2/c1-10-5-7-11(8-6-10)16-13(17(23)22-18(24)21-16)9-12-3-2-4-14(19)15(12)20/h2-4,10-11H,5-9H2,1H3,(H2,21,22,23,24). The van der Waals surface area contributed by atoms with Crippen molar-refractivity contribution < 1.29 is 0 Å². The van der Waals surface area contributed by atoms with E-state index in [-0.39, 0.29) is 11.5 Å². The molecule has 0 atom stereocenters. The van der Waals surface area contributed by atoms with Crippen molar-refractivity contribution in [1.29, 1.82) is 0 Å². The summed E-state index contributed by atoms with van der Waals surface area (Å²) in [5, 5.41) is 0.913. The van der Waals surface area contributed by atoms with Crippen LogP contribution in [-0.4, -0.2) is 9.97 Å². The van der Waals surface area contributed by atoms with Gasteiger partial charge in [-0.1, -0.05) is 55.1 Å². The number of aromatic amines is 2. The van der Waals surface area contributed by atoms with Crippen molar-refractivity contribution in [2.45, 2.75) is 44.9 Å². The van der Waals surface area contributed by atoms with Crippen LogP contribution in [0.25, 0.3) is 0 Å². The summed E-state index contributed by atoms with van der Waals surface area (Å²) in [6.45, 7) is 2.24. The molecular formula is C18H20Cl2N2O2. The van der Waals surface area contributed by atoms with Crippen LogP contribution in [0, 0.1) is 5.92 Å². The zero-order valence-corrected chi connectivity index (χ0v) is 15.0. The summed E-state index contributed by atoms with van der Waals surface area (Å²) in [6, 6.07) is 5.38. The zero-order valence-electron chi connectivity index (χ0n) is 13.5. The molecule has 0 aliphatic heterocycles. The highest BCUT2D eigenvalue weighted by molar-refractivity contribution is 6.42. The van der Waals surface area contributed by atoms with Crippen LogP contribution in [0.4, 0.5) is 0 Å². The lowest BCUT2D eigenvalue weighted by Gasteiger charge is -2.27. The SMILES string of the molecule is CC1CCC(c2[nH]c(=O)[nH]c(=O)c2Cc2cccc(Cl)c2Cl)CC1. The number of hydrogen-bond donors (Lipinski definition) is 2. The largest absolute Gasteiger partial charge is 0.325 e. The second-order valence-corrected chi connectivity index (χ2v) is 7.43. The van der Waals surface area contributed by atoms with E-state index in [4.69, 9.17) is 23.2 Å². The fraction of sp³-hybridized carbons (Fsp3) is 0.444. The summed E-state index contributed by atoms with van der Waals surface area (Å²) in [6.07, 6.45) is 4.54. The number of H-pyrrole nitrogens is 2. The van der Waals surface area contributed by atoms with E-state index >= 15 is 0 Å². The van der Waals surface area contributed by atoms with Crippen LogP contribution in [0.3, 0.4) is 0 Å². The predicted octanol–water partition coefficient (Wildman–Crippen LogP) is 4.25. The first-order chi connectivity index (χ1) is 11.5. The fourth-order valence-electron chi connectivity index (χ4n) is 3.48. The average molecular weight is 367 g/mol. The average Bonchev–Trinajstić information content (AvgIpc) is 2.54. The molecule has 0 unspecified atom stereocenters. The minimum Gasteiger partial charge on any atom is -0.311 e. The zero-order chi connectivity index (χ0) is 17.3. The first-order valence-electron chi connectivity index (χ1n) is 8.24. The molecule has 0 bridgehead atoms. The highest BCUT2D eigenvalue weighted by Crippen LogP contribution is 2.36. The maximum atomic E-state index is 12.4. The monoisotopic (exact) mass is 366 g/mol. The Morgan fingerprint density at radius 1 is 1.08 bits per heavy atom. The van der Waals surface area contributed by atoms with E-state index in [2.05, 4.69) is 16.9 Å². The van der Waals surface area contributed by atoms with Gasteiger partial charge >= 0.3 is 5.69 Å². The van der Waals surface area contributed by atoms with Crippen molar-refractivity contribution in [1.82, 2.24) is 9.97 Å². The molecule has 1 aliphatic carbocycles. The third-order valence-electron chi connectivity index (χ3n) is 4.90. The van der Waals surface area contributed by atoms with E-state index in [0.29, 0.717) is 27.9 Å². The smallest absolute Gasteiger partial charge is 0.311 e. The molecule has 1 aromatic carbocycles. The molecule has 4 nitrogen and oxygen atoms in total. The van der Waals surface area contributed by atoms with Crippen LogP contribution in [0.15, 0.2) is 27.8 Å². The minimum atomic E-state index is -0.449. The first kappa shape index (κ1) is 17.3. The van der Waals surface area contributed by atoms with Crippen molar-refractivity contribution in [3.05, 3.63) is 65.9 Å². The van der Waals surface area contributed by atoms with Crippen molar-refractivity contribution in [2.24, 2.45) is 5.92 Å². The summed E-state index contributed by atoms with van der Waals surface area (Å²) in [4.78, 5) is 29.4. The van der Waals surface area contributed by atoms with Crippen LogP contribution in [-0.2, 0) is 6.42 Å². The van der Waals surface area contributed by atoms with Gasteiger partial charge in [-0.3, -0.25) is 9.78 Å². The number of hydrogen-bond acceptors (Lipinski definition) is 2. The molecule has 2 N–H and O–H groups in total. The Labute approximate surface area is 150 Å². The Morgan fingerprint density at radius 3 is 2.50 bits per heavy atom. The topological polar surface area (TPSA) is 65.7 Å².